The summed E-state index contributed by atoms with van der Waals surface area (Å²) < 4.78 is 0. The van der Waals surface area contributed by atoms with Crippen LogP contribution in [0.3, 0.4) is 0 Å². The average Bonchev–Trinajstić information content (AvgIpc) is 2.74. The van der Waals surface area contributed by atoms with Crippen molar-refractivity contribution in [1.29, 1.82) is 0 Å². The Bertz CT molecular complexity index is 905. The highest BCUT2D eigenvalue weighted by molar-refractivity contribution is 5.95. The van der Waals surface area contributed by atoms with Crippen molar-refractivity contribution < 1.29 is 9.90 Å². The van der Waals surface area contributed by atoms with E-state index in [2.05, 4.69) is 11.9 Å². The summed E-state index contributed by atoms with van der Waals surface area (Å²) >= 11 is 0. The minimum absolute atomic E-state index is 0.00922. The Morgan fingerprint density at radius 3 is 2.46 bits per heavy atom. The molecule has 4 nitrogen and oxygen atoms in total. The molecule has 1 aromatic heterocycles. The SMILES string of the molecule is CCCN(Cc1ccccn1)C(=O)c1cccc(-c2ccc([C@H](C)O)cc2)c1. The number of hydrogen-bond donors (Lipinski definition) is 1. The fourth-order valence-corrected chi connectivity index (χ4v) is 3.18. The fourth-order valence-electron chi connectivity index (χ4n) is 3.18. The van der Waals surface area contributed by atoms with E-state index in [1.807, 2.05) is 71.6 Å². The number of aliphatic hydroxyl groups is 1. The van der Waals surface area contributed by atoms with Gasteiger partial charge in [-0.05, 0) is 54.3 Å². The molecule has 0 aliphatic carbocycles. The Labute approximate surface area is 166 Å². The molecule has 0 fully saturated rings. The molecule has 2 aromatic carbocycles. The first-order valence-corrected chi connectivity index (χ1v) is 9.66. The van der Waals surface area contributed by atoms with Gasteiger partial charge < -0.3 is 10.0 Å². The lowest BCUT2D eigenvalue weighted by Crippen LogP contribution is -2.31. The van der Waals surface area contributed by atoms with Gasteiger partial charge in [-0.25, -0.2) is 0 Å². The number of aromatic nitrogens is 1. The van der Waals surface area contributed by atoms with Gasteiger partial charge >= 0.3 is 0 Å². The molecular formula is C24H26N2O2. The lowest BCUT2D eigenvalue weighted by molar-refractivity contribution is 0.0741. The van der Waals surface area contributed by atoms with Crippen LogP contribution in [0, 0.1) is 0 Å². The van der Waals surface area contributed by atoms with Crippen molar-refractivity contribution in [1.82, 2.24) is 9.88 Å². The molecule has 1 amide bonds. The van der Waals surface area contributed by atoms with E-state index in [0.717, 1.165) is 28.8 Å². The summed E-state index contributed by atoms with van der Waals surface area (Å²) in [5.74, 6) is 0.00922. The molecule has 28 heavy (non-hydrogen) atoms. The molecule has 0 radical (unpaired) electrons. The summed E-state index contributed by atoms with van der Waals surface area (Å²) in [6.45, 7) is 5.00. The van der Waals surface area contributed by atoms with Crippen molar-refractivity contribution in [2.75, 3.05) is 6.54 Å². The van der Waals surface area contributed by atoms with E-state index in [1.165, 1.54) is 0 Å². The van der Waals surface area contributed by atoms with Crippen LogP contribution in [-0.4, -0.2) is 27.4 Å². The van der Waals surface area contributed by atoms with Crippen LogP contribution in [0.4, 0.5) is 0 Å². The molecule has 3 aromatic rings. The monoisotopic (exact) mass is 374 g/mol. The quantitative estimate of drug-likeness (QED) is 0.643. The van der Waals surface area contributed by atoms with Crippen molar-refractivity contribution in [3.8, 4) is 11.1 Å². The summed E-state index contributed by atoms with van der Waals surface area (Å²) in [6, 6.07) is 21.2. The molecule has 1 N–H and O–H groups in total. The number of aliphatic hydroxyl groups excluding tert-OH is 1. The zero-order valence-corrected chi connectivity index (χ0v) is 16.4. The summed E-state index contributed by atoms with van der Waals surface area (Å²) in [5, 5.41) is 9.68. The van der Waals surface area contributed by atoms with E-state index in [-0.39, 0.29) is 5.91 Å². The van der Waals surface area contributed by atoms with Crippen molar-refractivity contribution in [2.45, 2.75) is 32.9 Å². The van der Waals surface area contributed by atoms with Gasteiger partial charge in [0.1, 0.15) is 0 Å². The topological polar surface area (TPSA) is 53.4 Å². The van der Waals surface area contributed by atoms with Crippen LogP contribution in [0.5, 0.6) is 0 Å². The van der Waals surface area contributed by atoms with Crippen LogP contribution in [0.2, 0.25) is 0 Å². The zero-order chi connectivity index (χ0) is 19.9. The van der Waals surface area contributed by atoms with Crippen LogP contribution in [0.1, 0.15) is 48.0 Å². The maximum Gasteiger partial charge on any atom is 0.254 e. The third kappa shape index (κ3) is 4.84. The smallest absolute Gasteiger partial charge is 0.254 e. The second-order valence-corrected chi connectivity index (χ2v) is 6.93. The number of nitrogens with zero attached hydrogens (tertiary/aromatic N) is 2. The summed E-state index contributed by atoms with van der Waals surface area (Å²) in [7, 11) is 0. The normalized spacial score (nSPS) is 11.8. The van der Waals surface area contributed by atoms with Crippen molar-refractivity contribution in [3.63, 3.8) is 0 Å². The highest BCUT2D eigenvalue weighted by Crippen LogP contribution is 2.23. The zero-order valence-electron chi connectivity index (χ0n) is 16.4. The Morgan fingerprint density at radius 1 is 1.04 bits per heavy atom. The predicted molar refractivity (Wildman–Crippen MR) is 112 cm³/mol. The molecule has 0 spiro atoms. The van der Waals surface area contributed by atoms with Gasteiger partial charge in [0.2, 0.25) is 0 Å². The number of hydrogen-bond acceptors (Lipinski definition) is 3. The first-order valence-electron chi connectivity index (χ1n) is 9.66. The number of pyridine rings is 1. The summed E-state index contributed by atoms with van der Waals surface area (Å²) in [4.78, 5) is 19.3. The molecule has 0 bridgehead atoms. The van der Waals surface area contributed by atoms with E-state index >= 15 is 0 Å². The van der Waals surface area contributed by atoms with Gasteiger partial charge in [-0.2, -0.15) is 0 Å². The predicted octanol–water partition coefficient (Wildman–Crippen LogP) is 4.85. The number of benzene rings is 2. The third-order valence-electron chi connectivity index (χ3n) is 4.70. The van der Waals surface area contributed by atoms with E-state index < -0.39 is 6.10 Å². The highest BCUT2D eigenvalue weighted by atomic mass is 16.3. The second kappa shape index (κ2) is 9.29. The van der Waals surface area contributed by atoms with Gasteiger partial charge in [-0.3, -0.25) is 9.78 Å². The Morgan fingerprint density at radius 2 is 1.82 bits per heavy atom. The van der Waals surface area contributed by atoms with Crippen LogP contribution in [0.25, 0.3) is 11.1 Å². The molecule has 1 atom stereocenters. The average molecular weight is 374 g/mol. The van der Waals surface area contributed by atoms with E-state index in [4.69, 9.17) is 0 Å². The largest absolute Gasteiger partial charge is 0.389 e. The van der Waals surface area contributed by atoms with Crippen molar-refractivity contribution in [2.24, 2.45) is 0 Å². The molecule has 0 aliphatic rings. The van der Waals surface area contributed by atoms with E-state index in [1.54, 1.807) is 13.1 Å². The van der Waals surface area contributed by atoms with Crippen molar-refractivity contribution >= 4 is 5.91 Å². The van der Waals surface area contributed by atoms with Gasteiger partial charge in [0.05, 0.1) is 18.3 Å². The second-order valence-electron chi connectivity index (χ2n) is 6.93. The standard InChI is InChI=1S/C24H26N2O2/c1-3-15-26(17-23-9-4-5-14-25-23)24(28)22-8-6-7-21(16-22)20-12-10-19(11-13-20)18(2)27/h4-14,16,18,27H,3,15,17H2,1-2H3/t18-/m0/s1. The number of rotatable bonds is 7. The number of amides is 1. The maximum absolute atomic E-state index is 13.1. The van der Waals surface area contributed by atoms with Crippen LogP contribution in [-0.2, 0) is 6.54 Å². The summed E-state index contributed by atoms with van der Waals surface area (Å²) in [5.41, 5.74) is 4.43. The first-order chi connectivity index (χ1) is 13.6. The van der Waals surface area contributed by atoms with E-state index in [0.29, 0.717) is 18.7 Å². The first kappa shape index (κ1) is 19.8. The van der Waals surface area contributed by atoms with Crippen molar-refractivity contribution in [3.05, 3.63) is 89.7 Å². The molecule has 1 heterocycles. The third-order valence-corrected chi connectivity index (χ3v) is 4.70. The minimum atomic E-state index is -0.490. The minimum Gasteiger partial charge on any atom is -0.389 e. The molecular weight excluding hydrogens is 348 g/mol. The molecule has 0 aliphatic heterocycles. The number of carbonyl (C=O) groups is 1. The van der Waals surface area contributed by atoms with Gasteiger partial charge in [-0.1, -0.05) is 49.4 Å². The van der Waals surface area contributed by atoms with Gasteiger partial charge in [0.15, 0.2) is 0 Å². The molecule has 0 saturated heterocycles. The highest BCUT2D eigenvalue weighted by Gasteiger charge is 2.16. The molecule has 4 heteroatoms. The Balaban J connectivity index is 1.83. The molecule has 3 rings (SSSR count). The number of carbonyl (C=O) groups excluding carboxylic acids is 1. The lowest BCUT2D eigenvalue weighted by atomic mass is 10.00. The van der Waals surface area contributed by atoms with Gasteiger partial charge in [0.25, 0.3) is 5.91 Å². The van der Waals surface area contributed by atoms with Crippen LogP contribution >= 0.6 is 0 Å². The molecule has 144 valence electrons. The summed E-state index contributed by atoms with van der Waals surface area (Å²) in [6.07, 6.45) is 2.15. The van der Waals surface area contributed by atoms with Crippen LogP contribution in [0.15, 0.2) is 72.9 Å². The van der Waals surface area contributed by atoms with E-state index in [9.17, 15) is 9.90 Å². The molecule has 0 saturated carbocycles. The van der Waals surface area contributed by atoms with Crippen LogP contribution < -0.4 is 0 Å². The Hall–Kier alpha value is -2.98. The van der Waals surface area contributed by atoms with Gasteiger partial charge in [0, 0.05) is 18.3 Å². The fraction of sp³-hybridized carbons (Fsp3) is 0.250. The Kier molecular flexibility index (Phi) is 6.56. The maximum atomic E-state index is 13.1. The lowest BCUT2D eigenvalue weighted by Gasteiger charge is -2.22. The molecule has 0 unspecified atom stereocenters. The van der Waals surface area contributed by atoms with Gasteiger partial charge in [-0.15, -0.1) is 0 Å².